The standard InChI is InChI=1S/C14H17NO/c1-3-11-7-8-13-12(10-11)14(16)6-4-5-9-15(13)2/h10H,3-6,9H2,1-2H3. The van der Waals surface area contributed by atoms with Gasteiger partial charge in [-0.15, -0.1) is 0 Å². The fraction of sp³-hybridized carbons (Fsp3) is 0.500. The van der Waals surface area contributed by atoms with Gasteiger partial charge in [0.1, 0.15) is 0 Å². The summed E-state index contributed by atoms with van der Waals surface area (Å²) in [5, 5.41) is 0. The number of fused-ring (bicyclic) bond motifs is 1. The number of aryl methyl sites for hydroxylation is 1. The normalized spacial score (nSPS) is 16.1. The van der Waals surface area contributed by atoms with Crippen molar-refractivity contribution in [1.29, 1.82) is 0 Å². The average Bonchev–Trinajstić information content (AvgIpc) is 2.31. The molecule has 0 spiro atoms. The minimum Gasteiger partial charge on any atom is -0.367 e. The molecule has 1 heterocycles. The van der Waals surface area contributed by atoms with Crippen molar-refractivity contribution in [1.82, 2.24) is 0 Å². The molecule has 84 valence electrons. The SMILES string of the molecule is CCc1c#cc2c(c1)C(=O)CCCCN2C. The molecule has 1 aromatic carbocycles. The number of carbonyl (C=O) groups excluding carboxylic acids is 1. The Labute approximate surface area is 97.3 Å². The lowest BCUT2D eigenvalue weighted by molar-refractivity contribution is 0.0978. The van der Waals surface area contributed by atoms with Crippen LogP contribution in [0.15, 0.2) is 6.07 Å². The Morgan fingerprint density at radius 3 is 2.94 bits per heavy atom. The lowest BCUT2D eigenvalue weighted by atomic mass is 9.99. The molecule has 2 heteroatoms. The number of Topliss-reactive ketones (excluding diaryl/α,β-unsaturated/α-hetero) is 1. The molecule has 1 aliphatic rings. The van der Waals surface area contributed by atoms with E-state index in [1.807, 2.05) is 13.1 Å². The van der Waals surface area contributed by atoms with E-state index < -0.39 is 0 Å². The van der Waals surface area contributed by atoms with Gasteiger partial charge in [0.25, 0.3) is 0 Å². The van der Waals surface area contributed by atoms with Crippen molar-refractivity contribution in [2.75, 3.05) is 18.5 Å². The molecule has 0 amide bonds. The van der Waals surface area contributed by atoms with Gasteiger partial charge in [-0.05, 0) is 31.4 Å². The molecule has 0 fully saturated rings. The zero-order valence-electron chi connectivity index (χ0n) is 9.97. The average molecular weight is 215 g/mol. The zero-order chi connectivity index (χ0) is 11.5. The van der Waals surface area contributed by atoms with Crippen LogP contribution in [0.25, 0.3) is 0 Å². The molecule has 0 saturated carbocycles. The van der Waals surface area contributed by atoms with Crippen LogP contribution in [0, 0.1) is 12.1 Å². The van der Waals surface area contributed by atoms with Gasteiger partial charge in [-0.25, -0.2) is 0 Å². The fourth-order valence-corrected chi connectivity index (χ4v) is 2.07. The fourth-order valence-electron chi connectivity index (χ4n) is 2.07. The quantitative estimate of drug-likeness (QED) is 0.717. The Morgan fingerprint density at radius 2 is 2.19 bits per heavy atom. The zero-order valence-corrected chi connectivity index (χ0v) is 9.97. The number of anilines is 1. The molecule has 2 nitrogen and oxygen atoms in total. The summed E-state index contributed by atoms with van der Waals surface area (Å²) in [6.45, 7) is 3.07. The summed E-state index contributed by atoms with van der Waals surface area (Å²) in [7, 11) is 2.02. The van der Waals surface area contributed by atoms with Gasteiger partial charge in [-0.2, -0.15) is 0 Å². The van der Waals surface area contributed by atoms with Gasteiger partial charge in [-0.3, -0.25) is 4.79 Å². The molecule has 0 radical (unpaired) electrons. The smallest absolute Gasteiger partial charge is 0.165 e. The highest BCUT2D eigenvalue weighted by molar-refractivity contribution is 6.01. The van der Waals surface area contributed by atoms with E-state index in [-0.39, 0.29) is 5.78 Å². The van der Waals surface area contributed by atoms with E-state index in [1.54, 1.807) is 0 Å². The molecule has 0 aromatic heterocycles. The minimum atomic E-state index is 0.251. The molecule has 0 saturated heterocycles. The molecule has 0 N–H and O–H groups in total. The number of rotatable bonds is 1. The van der Waals surface area contributed by atoms with Crippen LogP contribution in [-0.2, 0) is 6.42 Å². The van der Waals surface area contributed by atoms with Crippen molar-refractivity contribution < 1.29 is 4.79 Å². The summed E-state index contributed by atoms with van der Waals surface area (Å²) >= 11 is 0. The second-order valence-electron chi connectivity index (χ2n) is 4.34. The van der Waals surface area contributed by atoms with Gasteiger partial charge >= 0.3 is 0 Å². The van der Waals surface area contributed by atoms with Crippen molar-refractivity contribution in [3.8, 4) is 0 Å². The first-order valence-electron chi connectivity index (χ1n) is 5.93. The van der Waals surface area contributed by atoms with Crippen LogP contribution in [0.1, 0.15) is 42.1 Å². The predicted molar refractivity (Wildman–Crippen MR) is 64.9 cm³/mol. The third-order valence-corrected chi connectivity index (χ3v) is 3.13. The number of hydrogen-bond acceptors (Lipinski definition) is 2. The summed E-state index contributed by atoms with van der Waals surface area (Å²) < 4.78 is 0. The second kappa shape index (κ2) is 4.57. The van der Waals surface area contributed by atoms with Crippen molar-refractivity contribution in [3.63, 3.8) is 0 Å². The van der Waals surface area contributed by atoms with E-state index in [0.29, 0.717) is 6.42 Å². The predicted octanol–water partition coefficient (Wildman–Crippen LogP) is 2.65. The van der Waals surface area contributed by atoms with E-state index in [1.165, 1.54) is 0 Å². The van der Waals surface area contributed by atoms with Crippen molar-refractivity contribution in [3.05, 3.63) is 29.3 Å². The van der Waals surface area contributed by atoms with E-state index in [2.05, 4.69) is 24.0 Å². The summed E-state index contributed by atoms with van der Waals surface area (Å²) in [5.41, 5.74) is 2.82. The maximum atomic E-state index is 12.0. The first-order chi connectivity index (χ1) is 7.72. The van der Waals surface area contributed by atoms with E-state index in [0.717, 1.165) is 42.6 Å². The number of ketones is 1. The van der Waals surface area contributed by atoms with Gasteiger partial charge in [-0.1, -0.05) is 13.0 Å². The lowest BCUT2D eigenvalue weighted by Crippen LogP contribution is -2.23. The van der Waals surface area contributed by atoms with Crippen molar-refractivity contribution in [2.45, 2.75) is 32.6 Å². The molecule has 0 unspecified atom stereocenters. The number of nitrogens with zero attached hydrogens (tertiary/aromatic N) is 1. The molecule has 0 atom stereocenters. The Kier molecular flexibility index (Phi) is 3.14. The van der Waals surface area contributed by atoms with Crippen LogP contribution in [0.2, 0.25) is 0 Å². The Balaban J connectivity index is 2.46. The third-order valence-electron chi connectivity index (χ3n) is 3.13. The summed E-state index contributed by atoms with van der Waals surface area (Å²) in [4.78, 5) is 14.1. The lowest BCUT2D eigenvalue weighted by Gasteiger charge is -2.22. The summed E-state index contributed by atoms with van der Waals surface area (Å²) in [5.74, 6) is 0.251. The van der Waals surface area contributed by atoms with E-state index in [4.69, 9.17) is 0 Å². The van der Waals surface area contributed by atoms with Crippen LogP contribution in [0.4, 0.5) is 5.69 Å². The minimum absolute atomic E-state index is 0.251. The molecular weight excluding hydrogens is 198 g/mol. The highest BCUT2D eigenvalue weighted by atomic mass is 16.1. The maximum Gasteiger partial charge on any atom is 0.165 e. The molecule has 0 bridgehead atoms. The molecular formula is C14H17NO. The van der Waals surface area contributed by atoms with Crippen LogP contribution in [0.5, 0.6) is 0 Å². The molecule has 1 aromatic rings. The van der Waals surface area contributed by atoms with E-state index in [9.17, 15) is 4.79 Å². The van der Waals surface area contributed by atoms with Crippen molar-refractivity contribution in [2.24, 2.45) is 0 Å². The largest absolute Gasteiger partial charge is 0.367 e. The van der Waals surface area contributed by atoms with Gasteiger partial charge < -0.3 is 4.90 Å². The van der Waals surface area contributed by atoms with Crippen molar-refractivity contribution >= 4 is 11.5 Å². The van der Waals surface area contributed by atoms with Crippen LogP contribution < -0.4 is 4.90 Å². The van der Waals surface area contributed by atoms with Crippen LogP contribution in [0.3, 0.4) is 0 Å². The second-order valence-corrected chi connectivity index (χ2v) is 4.34. The Morgan fingerprint density at radius 1 is 1.38 bits per heavy atom. The summed E-state index contributed by atoms with van der Waals surface area (Å²) in [6, 6.07) is 8.25. The van der Waals surface area contributed by atoms with Gasteiger partial charge in [0, 0.05) is 25.6 Å². The van der Waals surface area contributed by atoms with E-state index >= 15 is 0 Å². The molecule has 1 aliphatic heterocycles. The highest BCUT2D eigenvalue weighted by Gasteiger charge is 2.17. The van der Waals surface area contributed by atoms with Gasteiger partial charge in [0.15, 0.2) is 5.78 Å². The topological polar surface area (TPSA) is 20.3 Å². The Bertz CT molecular complexity index is 398. The first-order valence-corrected chi connectivity index (χ1v) is 5.93. The van der Waals surface area contributed by atoms with Crippen LogP contribution >= 0.6 is 0 Å². The number of carbonyl (C=O) groups is 1. The molecule has 2 rings (SSSR count). The number of hydrogen-bond donors (Lipinski definition) is 0. The third kappa shape index (κ3) is 2.04. The summed E-state index contributed by atoms with van der Waals surface area (Å²) in [6.07, 6.45) is 3.64. The highest BCUT2D eigenvalue weighted by Crippen LogP contribution is 2.23. The maximum absolute atomic E-state index is 12.0. The Hall–Kier alpha value is -1.49. The van der Waals surface area contributed by atoms with Gasteiger partial charge in [0.05, 0.1) is 11.3 Å². The van der Waals surface area contributed by atoms with Crippen LogP contribution in [-0.4, -0.2) is 19.4 Å². The molecule has 16 heavy (non-hydrogen) atoms. The molecule has 0 aliphatic carbocycles. The first kappa shape index (κ1) is 11.0. The van der Waals surface area contributed by atoms with Gasteiger partial charge in [0.2, 0.25) is 0 Å². The monoisotopic (exact) mass is 215 g/mol.